The summed E-state index contributed by atoms with van der Waals surface area (Å²) in [5.74, 6) is 1.02. The standard InChI is InChI=1S/C9H18BN/c1-7-5-6-8(10)11(4)9(7,2)3/h7-8H,5-6H2,1-4H3. The molecule has 0 aromatic rings. The molecule has 1 rings (SSSR count). The quantitative estimate of drug-likeness (QED) is 0.475. The predicted molar refractivity (Wildman–Crippen MR) is 49.8 cm³/mol. The zero-order valence-corrected chi connectivity index (χ0v) is 8.09. The van der Waals surface area contributed by atoms with Crippen LogP contribution in [-0.2, 0) is 0 Å². The van der Waals surface area contributed by atoms with Gasteiger partial charge in [0.25, 0.3) is 0 Å². The summed E-state index contributed by atoms with van der Waals surface area (Å²) < 4.78 is 0. The first-order valence-corrected chi connectivity index (χ1v) is 4.44. The molecule has 1 heterocycles. The van der Waals surface area contributed by atoms with E-state index in [0.29, 0.717) is 0 Å². The monoisotopic (exact) mass is 151 g/mol. The molecule has 0 N–H and O–H groups in total. The predicted octanol–water partition coefficient (Wildman–Crippen LogP) is 1.62. The maximum Gasteiger partial charge on any atom is 0.0910 e. The van der Waals surface area contributed by atoms with E-state index in [1.54, 1.807) is 0 Å². The van der Waals surface area contributed by atoms with Crippen molar-refractivity contribution in [2.75, 3.05) is 7.05 Å². The van der Waals surface area contributed by atoms with E-state index in [9.17, 15) is 0 Å². The Morgan fingerprint density at radius 1 is 1.36 bits per heavy atom. The van der Waals surface area contributed by atoms with Gasteiger partial charge in [0.05, 0.1) is 7.85 Å². The second-order valence-electron chi connectivity index (χ2n) is 4.31. The molecule has 1 aliphatic heterocycles. The smallest absolute Gasteiger partial charge is 0.0910 e. The maximum absolute atomic E-state index is 5.94. The molecule has 2 atom stereocenters. The van der Waals surface area contributed by atoms with Crippen molar-refractivity contribution in [3.63, 3.8) is 0 Å². The average molecular weight is 151 g/mol. The highest BCUT2D eigenvalue weighted by molar-refractivity contribution is 6.11. The lowest BCUT2D eigenvalue weighted by Gasteiger charge is -2.49. The minimum absolute atomic E-state index is 0.265. The van der Waals surface area contributed by atoms with Crippen LogP contribution < -0.4 is 0 Å². The van der Waals surface area contributed by atoms with Crippen molar-refractivity contribution in [2.45, 2.75) is 45.1 Å². The number of likely N-dealkylation sites (tertiary alicyclic amines) is 1. The first-order valence-electron chi connectivity index (χ1n) is 4.44. The summed E-state index contributed by atoms with van der Waals surface area (Å²) >= 11 is 0. The van der Waals surface area contributed by atoms with Crippen molar-refractivity contribution < 1.29 is 0 Å². The van der Waals surface area contributed by atoms with Gasteiger partial charge in [-0.2, -0.15) is 0 Å². The zero-order valence-electron chi connectivity index (χ0n) is 8.09. The molecular weight excluding hydrogens is 133 g/mol. The van der Waals surface area contributed by atoms with Crippen molar-refractivity contribution in [3.05, 3.63) is 0 Å². The minimum atomic E-state index is 0.265. The molecule has 0 aliphatic carbocycles. The molecule has 1 saturated heterocycles. The van der Waals surface area contributed by atoms with Gasteiger partial charge in [0, 0.05) is 5.54 Å². The van der Waals surface area contributed by atoms with Crippen molar-refractivity contribution in [1.82, 2.24) is 4.90 Å². The molecule has 0 saturated carbocycles. The van der Waals surface area contributed by atoms with Gasteiger partial charge in [-0.25, -0.2) is 0 Å². The Kier molecular flexibility index (Phi) is 2.33. The van der Waals surface area contributed by atoms with Gasteiger partial charge in [-0.15, -0.1) is 0 Å². The van der Waals surface area contributed by atoms with E-state index in [1.165, 1.54) is 6.42 Å². The highest BCUT2D eigenvalue weighted by Crippen LogP contribution is 2.33. The second kappa shape index (κ2) is 2.82. The van der Waals surface area contributed by atoms with Crippen LogP contribution in [-0.4, -0.2) is 31.3 Å². The van der Waals surface area contributed by atoms with Crippen LogP contribution in [0.15, 0.2) is 0 Å². The molecule has 1 nitrogen and oxygen atoms in total. The van der Waals surface area contributed by atoms with Crippen LogP contribution in [0.3, 0.4) is 0 Å². The van der Waals surface area contributed by atoms with E-state index in [4.69, 9.17) is 7.85 Å². The fourth-order valence-corrected chi connectivity index (χ4v) is 1.74. The van der Waals surface area contributed by atoms with Crippen LogP contribution in [0, 0.1) is 5.92 Å². The summed E-state index contributed by atoms with van der Waals surface area (Å²) in [5, 5.41) is 0. The molecular formula is C9H18BN. The Balaban J connectivity index is 2.72. The van der Waals surface area contributed by atoms with Crippen LogP contribution in [0.25, 0.3) is 0 Å². The molecule has 1 fully saturated rings. The third-order valence-corrected chi connectivity index (χ3v) is 3.51. The highest BCUT2D eigenvalue weighted by Gasteiger charge is 2.36. The van der Waals surface area contributed by atoms with Gasteiger partial charge in [-0.05, 0) is 45.6 Å². The van der Waals surface area contributed by atoms with E-state index >= 15 is 0 Å². The first kappa shape index (κ1) is 9.12. The van der Waals surface area contributed by atoms with Gasteiger partial charge in [-0.1, -0.05) is 6.92 Å². The van der Waals surface area contributed by atoms with E-state index in [2.05, 4.69) is 32.7 Å². The Morgan fingerprint density at radius 3 is 2.36 bits per heavy atom. The third kappa shape index (κ3) is 1.46. The molecule has 0 aromatic carbocycles. The fourth-order valence-electron chi connectivity index (χ4n) is 1.74. The summed E-state index contributed by atoms with van der Waals surface area (Å²) in [4.78, 5) is 2.29. The molecule has 0 bridgehead atoms. The molecule has 2 heteroatoms. The van der Waals surface area contributed by atoms with E-state index < -0.39 is 0 Å². The van der Waals surface area contributed by atoms with Gasteiger partial charge in [-0.3, -0.25) is 0 Å². The molecule has 62 valence electrons. The maximum atomic E-state index is 5.94. The summed E-state index contributed by atoms with van der Waals surface area (Å²) in [7, 11) is 8.07. The average Bonchev–Trinajstić information content (AvgIpc) is 1.95. The number of piperidine rings is 1. The Hall–Kier alpha value is 0.0249. The number of hydrogen-bond acceptors (Lipinski definition) is 1. The normalized spacial score (nSPS) is 38.9. The lowest BCUT2D eigenvalue weighted by atomic mass is 9.73. The number of hydrogen-bond donors (Lipinski definition) is 0. The van der Waals surface area contributed by atoms with Gasteiger partial charge in [0.2, 0.25) is 0 Å². The Labute approximate surface area is 71.6 Å². The summed E-state index contributed by atoms with van der Waals surface area (Å²) in [5.41, 5.74) is 0.275. The Morgan fingerprint density at radius 2 is 1.91 bits per heavy atom. The summed E-state index contributed by atoms with van der Waals surface area (Å²) in [6.07, 6.45) is 2.40. The van der Waals surface area contributed by atoms with Gasteiger partial charge in [0.15, 0.2) is 0 Å². The van der Waals surface area contributed by atoms with Crippen molar-refractivity contribution in [2.24, 2.45) is 5.92 Å². The van der Waals surface area contributed by atoms with E-state index in [-0.39, 0.29) is 11.5 Å². The highest BCUT2D eigenvalue weighted by atomic mass is 15.2. The van der Waals surface area contributed by atoms with Gasteiger partial charge in [0.1, 0.15) is 0 Å². The largest absolute Gasteiger partial charge is 0.307 e. The molecule has 0 spiro atoms. The summed E-state index contributed by atoms with van der Waals surface area (Å²) in [6.45, 7) is 6.86. The molecule has 0 aromatic heterocycles. The zero-order chi connectivity index (χ0) is 8.65. The summed E-state index contributed by atoms with van der Waals surface area (Å²) in [6, 6.07) is 0. The van der Waals surface area contributed by atoms with Crippen LogP contribution in [0.5, 0.6) is 0 Å². The van der Waals surface area contributed by atoms with E-state index in [1.807, 2.05) is 0 Å². The molecule has 11 heavy (non-hydrogen) atoms. The molecule has 0 amide bonds. The van der Waals surface area contributed by atoms with Crippen LogP contribution in [0.2, 0.25) is 0 Å². The number of nitrogens with zero attached hydrogens (tertiary/aromatic N) is 1. The lowest BCUT2D eigenvalue weighted by Crippen LogP contribution is -2.55. The lowest BCUT2D eigenvalue weighted by molar-refractivity contribution is 0.0379. The van der Waals surface area contributed by atoms with Crippen molar-refractivity contribution >= 4 is 7.85 Å². The SMILES string of the molecule is [B]C1CCC(C)C(C)(C)N1C. The van der Waals surface area contributed by atoms with Gasteiger partial charge < -0.3 is 4.90 Å². The van der Waals surface area contributed by atoms with Gasteiger partial charge >= 0.3 is 0 Å². The Bertz CT molecular complexity index is 144. The molecule has 2 unspecified atom stereocenters. The van der Waals surface area contributed by atoms with Crippen LogP contribution in [0.4, 0.5) is 0 Å². The van der Waals surface area contributed by atoms with Crippen LogP contribution in [0.1, 0.15) is 33.6 Å². The number of rotatable bonds is 0. The second-order valence-corrected chi connectivity index (χ2v) is 4.31. The topological polar surface area (TPSA) is 3.24 Å². The van der Waals surface area contributed by atoms with E-state index in [0.717, 1.165) is 12.3 Å². The first-order chi connectivity index (χ1) is 4.96. The van der Waals surface area contributed by atoms with Crippen molar-refractivity contribution in [1.29, 1.82) is 0 Å². The fraction of sp³-hybridized carbons (Fsp3) is 1.00. The minimum Gasteiger partial charge on any atom is -0.307 e. The molecule has 2 radical (unpaired) electrons. The van der Waals surface area contributed by atoms with Crippen molar-refractivity contribution in [3.8, 4) is 0 Å². The third-order valence-electron chi connectivity index (χ3n) is 3.51. The molecule has 1 aliphatic rings. The van der Waals surface area contributed by atoms with Crippen LogP contribution >= 0.6 is 0 Å².